The van der Waals surface area contributed by atoms with Crippen molar-refractivity contribution >= 4 is 5.91 Å². The van der Waals surface area contributed by atoms with Gasteiger partial charge in [-0.3, -0.25) is 4.79 Å². The summed E-state index contributed by atoms with van der Waals surface area (Å²) >= 11 is 0. The van der Waals surface area contributed by atoms with Crippen LogP contribution in [0.2, 0.25) is 0 Å². The predicted octanol–water partition coefficient (Wildman–Crippen LogP) is 2.42. The van der Waals surface area contributed by atoms with Crippen molar-refractivity contribution in [1.82, 2.24) is 15.1 Å². The van der Waals surface area contributed by atoms with Gasteiger partial charge in [0.2, 0.25) is 17.7 Å². The molecular weight excluding hydrogens is 294 g/mol. The van der Waals surface area contributed by atoms with Crippen LogP contribution in [-0.2, 0) is 11.2 Å². The lowest BCUT2D eigenvalue weighted by Crippen LogP contribution is -2.35. The molecule has 2 fully saturated rings. The van der Waals surface area contributed by atoms with E-state index < -0.39 is 0 Å². The topological polar surface area (TPSA) is 79.5 Å². The number of aliphatic hydroxyl groups excluding tert-OH is 1. The zero-order valence-corrected chi connectivity index (χ0v) is 13.7. The largest absolute Gasteiger partial charge is 0.425 e. The summed E-state index contributed by atoms with van der Waals surface area (Å²) in [5.41, 5.74) is 0. The summed E-state index contributed by atoms with van der Waals surface area (Å²) in [6.07, 6.45) is 9.51. The van der Waals surface area contributed by atoms with Gasteiger partial charge in [-0.25, -0.2) is 0 Å². The number of rotatable bonds is 7. The van der Waals surface area contributed by atoms with Crippen molar-refractivity contribution in [3.05, 3.63) is 11.8 Å². The highest BCUT2D eigenvalue weighted by atomic mass is 16.4. The van der Waals surface area contributed by atoms with E-state index in [-0.39, 0.29) is 12.5 Å². The van der Waals surface area contributed by atoms with Crippen molar-refractivity contribution in [2.45, 2.75) is 76.2 Å². The second-order valence-electron chi connectivity index (χ2n) is 6.76. The van der Waals surface area contributed by atoms with Crippen molar-refractivity contribution < 1.29 is 14.3 Å². The smallest absolute Gasteiger partial charge is 0.223 e. The number of nitrogens with zero attached hydrogens (tertiary/aromatic N) is 3. The Labute approximate surface area is 137 Å². The molecule has 1 aliphatic heterocycles. The third kappa shape index (κ3) is 4.10. The highest BCUT2D eigenvalue weighted by Gasteiger charge is 2.28. The van der Waals surface area contributed by atoms with Crippen molar-refractivity contribution in [3.63, 3.8) is 0 Å². The number of carbonyl (C=O) groups is 1. The van der Waals surface area contributed by atoms with Gasteiger partial charge in [0, 0.05) is 38.0 Å². The Balaban J connectivity index is 1.48. The SMILES string of the molecule is O=C(CCc1nnc(C2CCCC2)o1)N1CCCC1CCCO. The maximum absolute atomic E-state index is 12.4. The summed E-state index contributed by atoms with van der Waals surface area (Å²) < 4.78 is 5.75. The first-order chi connectivity index (χ1) is 11.3. The molecule has 1 aromatic heterocycles. The molecule has 1 aromatic rings. The molecule has 0 bridgehead atoms. The molecule has 0 radical (unpaired) electrons. The van der Waals surface area contributed by atoms with Crippen LogP contribution >= 0.6 is 0 Å². The maximum Gasteiger partial charge on any atom is 0.223 e. The van der Waals surface area contributed by atoms with Crippen LogP contribution in [0.5, 0.6) is 0 Å². The molecule has 23 heavy (non-hydrogen) atoms. The molecule has 1 aliphatic carbocycles. The average Bonchev–Trinajstić information content (AvgIpc) is 3.31. The normalized spacial score (nSPS) is 22.1. The van der Waals surface area contributed by atoms with Gasteiger partial charge in [-0.1, -0.05) is 12.8 Å². The third-order valence-electron chi connectivity index (χ3n) is 5.13. The molecule has 1 atom stereocenters. The molecule has 1 N–H and O–H groups in total. The average molecular weight is 321 g/mol. The van der Waals surface area contributed by atoms with Crippen LogP contribution in [0.4, 0.5) is 0 Å². The summed E-state index contributed by atoms with van der Waals surface area (Å²) in [5.74, 6) is 1.94. The number of aryl methyl sites for hydroxylation is 1. The summed E-state index contributed by atoms with van der Waals surface area (Å²) in [7, 11) is 0. The summed E-state index contributed by atoms with van der Waals surface area (Å²) in [4.78, 5) is 14.4. The minimum Gasteiger partial charge on any atom is -0.425 e. The highest BCUT2D eigenvalue weighted by Crippen LogP contribution is 2.33. The van der Waals surface area contributed by atoms with Crippen LogP contribution in [0.3, 0.4) is 0 Å². The molecule has 3 rings (SSSR count). The number of amides is 1. The Bertz CT molecular complexity index is 511. The number of likely N-dealkylation sites (tertiary alicyclic amines) is 1. The van der Waals surface area contributed by atoms with E-state index in [1.54, 1.807) is 0 Å². The molecule has 0 aromatic carbocycles. The Morgan fingerprint density at radius 3 is 2.83 bits per heavy atom. The molecule has 1 unspecified atom stereocenters. The van der Waals surface area contributed by atoms with Gasteiger partial charge in [0.05, 0.1) is 0 Å². The van der Waals surface area contributed by atoms with Gasteiger partial charge in [-0.15, -0.1) is 10.2 Å². The number of hydrogen-bond donors (Lipinski definition) is 1. The zero-order valence-electron chi connectivity index (χ0n) is 13.7. The summed E-state index contributed by atoms with van der Waals surface area (Å²) in [6.45, 7) is 1.04. The van der Waals surface area contributed by atoms with Crippen LogP contribution in [0.25, 0.3) is 0 Å². The van der Waals surface area contributed by atoms with Crippen molar-refractivity contribution in [2.24, 2.45) is 0 Å². The van der Waals surface area contributed by atoms with Gasteiger partial charge in [0.25, 0.3) is 0 Å². The molecule has 1 amide bonds. The first kappa shape index (κ1) is 16.4. The van der Waals surface area contributed by atoms with E-state index in [1.165, 1.54) is 12.8 Å². The molecule has 2 aliphatic rings. The lowest BCUT2D eigenvalue weighted by Gasteiger charge is -2.24. The number of hydrogen-bond acceptors (Lipinski definition) is 5. The molecule has 128 valence electrons. The molecule has 6 heteroatoms. The minimum atomic E-state index is 0.172. The van der Waals surface area contributed by atoms with Gasteiger partial charge in [0.15, 0.2) is 0 Å². The zero-order chi connectivity index (χ0) is 16.1. The van der Waals surface area contributed by atoms with Crippen LogP contribution < -0.4 is 0 Å². The Kier molecular flexibility index (Phi) is 5.65. The number of carbonyl (C=O) groups excluding carboxylic acids is 1. The van der Waals surface area contributed by atoms with Crippen LogP contribution in [0.15, 0.2) is 4.42 Å². The van der Waals surface area contributed by atoms with Crippen LogP contribution in [0.1, 0.15) is 75.5 Å². The van der Waals surface area contributed by atoms with Gasteiger partial charge in [-0.05, 0) is 38.5 Å². The molecule has 1 saturated carbocycles. The van der Waals surface area contributed by atoms with E-state index in [0.29, 0.717) is 30.7 Å². The fourth-order valence-corrected chi connectivity index (χ4v) is 3.85. The lowest BCUT2D eigenvalue weighted by molar-refractivity contribution is -0.132. The highest BCUT2D eigenvalue weighted by molar-refractivity contribution is 5.77. The van der Waals surface area contributed by atoms with Gasteiger partial charge in [-0.2, -0.15) is 0 Å². The first-order valence-electron chi connectivity index (χ1n) is 9.00. The predicted molar refractivity (Wildman–Crippen MR) is 84.9 cm³/mol. The van der Waals surface area contributed by atoms with Crippen LogP contribution in [0, 0.1) is 0 Å². The van der Waals surface area contributed by atoms with Gasteiger partial charge in [0.1, 0.15) is 0 Å². The quantitative estimate of drug-likeness (QED) is 0.834. The summed E-state index contributed by atoms with van der Waals surface area (Å²) in [6, 6.07) is 0.298. The van der Waals surface area contributed by atoms with E-state index in [0.717, 1.165) is 51.0 Å². The summed E-state index contributed by atoms with van der Waals surface area (Å²) in [5, 5.41) is 17.2. The number of aromatic nitrogens is 2. The standard InChI is InChI=1S/C17H27N3O3/c21-12-4-8-14-7-3-11-20(14)16(22)10-9-15-18-19-17(23-15)13-5-1-2-6-13/h13-14,21H,1-12H2. The molecule has 0 spiro atoms. The lowest BCUT2D eigenvalue weighted by atomic mass is 10.1. The first-order valence-corrected chi connectivity index (χ1v) is 9.00. The monoisotopic (exact) mass is 321 g/mol. The fraction of sp³-hybridized carbons (Fsp3) is 0.824. The Morgan fingerprint density at radius 1 is 1.22 bits per heavy atom. The Morgan fingerprint density at radius 2 is 2.04 bits per heavy atom. The maximum atomic E-state index is 12.4. The third-order valence-corrected chi connectivity index (χ3v) is 5.13. The molecule has 2 heterocycles. The second kappa shape index (κ2) is 7.90. The van der Waals surface area contributed by atoms with Gasteiger partial charge < -0.3 is 14.4 Å². The van der Waals surface area contributed by atoms with Gasteiger partial charge >= 0.3 is 0 Å². The van der Waals surface area contributed by atoms with E-state index in [4.69, 9.17) is 9.52 Å². The van der Waals surface area contributed by atoms with Crippen LogP contribution in [-0.4, -0.2) is 45.3 Å². The molecule has 1 saturated heterocycles. The molecule has 6 nitrogen and oxygen atoms in total. The molecular formula is C17H27N3O3. The van der Waals surface area contributed by atoms with Crippen molar-refractivity contribution in [3.8, 4) is 0 Å². The van der Waals surface area contributed by atoms with E-state index in [2.05, 4.69) is 10.2 Å². The second-order valence-corrected chi connectivity index (χ2v) is 6.76. The fourth-order valence-electron chi connectivity index (χ4n) is 3.85. The van der Waals surface area contributed by atoms with E-state index in [1.807, 2.05) is 4.90 Å². The van der Waals surface area contributed by atoms with Crippen molar-refractivity contribution in [1.29, 1.82) is 0 Å². The number of aliphatic hydroxyl groups is 1. The van der Waals surface area contributed by atoms with E-state index >= 15 is 0 Å². The van der Waals surface area contributed by atoms with E-state index in [9.17, 15) is 4.79 Å². The minimum absolute atomic E-state index is 0.172. The Hall–Kier alpha value is -1.43. The van der Waals surface area contributed by atoms with Crippen molar-refractivity contribution in [2.75, 3.05) is 13.2 Å².